The topological polar surface area (TPSA) is 92.8 Å². The third-order valence-electron chi connectivity index (χ3n) is 4.38. The number of esters is 1. The fourth-order valence-electron chi connectivity index (χ4n) is 2.84. The van der Waals surface area contributed by atoms with E-state index in [1.807, 2.05) is 42.5 Å². The van der Waals surface area contributed by atoms with Gasteiger partial charge in [-0.1, -0.05) is 54.6 Å². The van der Waals surface area contributed by atoms with Crippen molar-refractivity contribution in [2.45, 2.75) is 12.8 Å². The van der Waals surface area contributed by atoms with Crippen molar-refractivity contribution in [1.29, 1.82) is 0 Å². The van der Waals surface area contributed by atoms with Crippen LogP contribution in [0, 0.1) is 0 Å². The van der Waals surface area contributed by atoms with Crippen molar-refractivity contribution in [3.05, 3.63) is 60.2 Å². The molecule has 1 fully saturated rings. The highest BCUT2D eigenvalue weighted by molar-refractivity contribution is 5.99. The van der Waals surface area contributed by atoms with E-state index in [0.29, 0.717) is 12.1 Å². The number of rotatable bonds is 7. The number of urea groups is 1. The van der Waals surface area contributed by atoms with Gasteiger partial charge in [-0.15, -0.1) is 0 Å². The van der Waals surface area contributed by atoms with E-state index in [1.54, 1.807) is 12.1 Å². The maximum atomic E-state index is 12.3. The third kappa shape index (κ3) is 4.82. The number of amides is 3. The predicted octanol–water partition coefficient (Wildman–Crippen LogP) is 2.41. The minimum atomic E-state index is -0.651. The maximum Gasteiger partial charge on any atom is 0.324 e. The van der Waals surface area contributed by atoms with Gasteiger partial charge in [0.05, 0.1) is 6.42 Å². The lowest BCUT2D eigenvalue weighted by Gasteiger charge is -2.12. The normalized spacial score (nSPS) is 13.1. The zero-order valence-corrected chi connectivity index (χ0v) is 15.2. The second kappa shape index (κ2) is 8.94. The Morgan fingerprint density at radius 1 is 0.929 bits per heavy atom. The first-order valence-corrected chi connectivity index (χ1v) is 8.97. The smallest absolute Gasteiger partial charge is 0.324 e. The SMILES string of the molecule is O=C(CCC(=O)c1ccc(-c2ccccc2)cc1)OCC(=O)N1CCNC1=O. The van der Waals surface area contributed by atoms with Crippen LogP contribution in [0.15, 0.2) is 54.6 Å². The molecule has 3 amide bonds. The molecule has 2 aromatic rings. The van der Waals surface area contributed by atoms with E-state index in [4.69, 9.17) is 4.74 Å². The number of nitrogens with one attached hydrogen (secondary N) is 1. The number of hydrogen-bond donors (Lipinski definition) is 1. The van der Waals surface area contributed by atoms with Crippen LogP contribution in [0.1, 0.15) is 23.2 Å². The molecule has 0 radical (unpaired) electrons. The van der Waals surface area contributed by atoms with Crippen molar-refractivity contribution in [1.82, 2.24) is 10.2 Å². The summed E-state index contributed by atoms with van der Waals surface area (Å²) < 4.78 is 4.87. The summed E-state index contributed by atoms with van der Waals surface area (Å²) in [6.07, 6.45) is -0.138. The number of hydrogen-bond acceptors (Lipinski definition) is 5. The Balaban J connectivity index is 1.45. The Bertz CT molecular complexity index is 877. The number of benzene rings is 2. The predicted molar refractivity (Wildman–Crippen MR) is 102 cm³/mol. The van der Waals surface area contributed by atoms with E-state index in [0.717, 1.165) is 16.0 Å². The molecule has 0 saturated carbocycles. The molecule has 28 heavy (non-hydrogen) atoms. The van der Waals surface area contributed by atoms with Gasteiger partial charge in [-0.2, -0.15) is 0 Å². The van der Waals surface area contributed by atoms with Crippen molar-refractivity contribution in [2.75, 3.05) is 19.7 Å². The van der Waals surface area contributed by atoms with Crippen LogP contribution in [0.2, 0.25) is 0 Å². The summed E-state index contributed by atoms with van der Waals surface area (Å²) in [5, 5.41) is 2.49. The number of ketones is 1. The Hall–Kier alpha value is -3.48. The second-order valence-corrected chi connectivity index (χ2v) is 6.30. The lowest BCUT2D eigenvalue weighted by molar-refractivity contribution is -0.150. The number of imide groups is 1. The number of carbonyl (C=O) groups excluding carboxylic acids is 4. The van der Waals surface area contributed by atoms with Crippen molar-refractivity contribution >= 4 is 23.7 Å². The summed E-state index contributed by atoms with van der Waals surface area (Å²) in [5.74, 6) is -1.41. The second-order valence-electron chi connectivity index (χ2n) is 6.30. The summed E-state index contributed by atoms with van der Waals surface area (Å²) in [4.78, 5) is 48.2. The van der Waals surface area contributed by atoms with Gasteiger partial charge in [0.2, 0.25) is 0 Å². The molecule has 1 heterocycles. The molecule has 144 valence electrons. The molecule has 1 saturated heterocycles. The van der Waals surface area contributed by atoms with E-state index in [1.165, 1.54) is 0 Å². The van der Waals surface area contributed by atoms with Crippen LogP contribution in [0.25, 0.3) is 11.1 Å². The Kier molecular flexibility index (Phi) is 6.16. The largest absolute Gasteiger partial charge is 0.456 e. The van der Waals surface area contributed by atoms with Crippen LogP contribution in [-0.2, 0) is 14.3 Å². The van der Waals surface area contributed by atoms with Crippen molar-refractivity contribution < 1.29 is 23.9 Å². The van der Waals surface area contributed by atoms with Gasteiger partial charge >= 0.3 is 12.0 Å². The Morgan fingerprint density at radius 3 is 2.25 bits per heavy atom. The molecule has 2 aromatic carbocycles. The molecule has 1 N–H and O–H groups in total. The fraction of sp³-hybridized carbons (Fsp3) is 0.238. The molecular formula is C21H20N2O5. The minimum Gasteiger partial charge on any atom is -0.456 e. The molecular weight excluding hydrogens is 360 g/mol. The average Bonchev–Trinajstić information content (AvgIpc) is 3.17. The number of carbonyl (C=O) groups is 4. The van der Waals surface area contributed by atoms with Gasteiger partial charge in [0, 0.05) is 25.1 Å². The summed E-state index contributed by atoms with van der Waals surface area (Å²) >= 11 is 0. The van der Waals surface area contributed by atoms with Crippen LogP contribution >= 0.6 is 0 Å². The first-order valence-electron chi connectivity index (χ1n) is 8.97. The van der Waals surface area contributed by atoms with Crippen LogP contribution in [0.5, 0.6) is 0 Å². The highest BCUT2D eigenvalue weighted by Gasteiger charge is 2.26. The molecule has 7 heteroatoms. The number of ether oxygens (including phenoxy) is 1. The van der Waals surface area contributed by atoms with E-state index in [-0.39, 0.29) is 25.2 Å². The summed E-state index contributed by atoms with van der Waals surface area (Å²) in [6, 6.07) is 16.5. The van der Waals surface area contributed by atoms with Gasteiger partial charge in [-0.05, 0) is 11.1 Å². The molecule has 0 aromatic heterocycles. The lowest BCUT2D eigenvalue weighted by Crippen LogP contribution is -2.37. The minimum absolute atomic E-state index is 0.0120. The fourth-order valence-corrected chi connectivity index (χ4v) is 2.84. The van der Waals surface area contributed by atoms with Crippen LogP contribution < -0.4 is 5.32 Å². The van der Waals surface area contributed by atoms with E-state index in [9.17, 15) is 19.2 Å². The van der Waals surface area contributed by atoms with Crippen LogP contribution in [0.4, 0.5) is 4.79 Å². The summed E-state index contributed by atoms with van der Waals surface area (Å²) in [5.41, 5.74) is 2.57. The van der Waals surface area contributed by atoms with Crippen molar-refractivity contribution in [3.63, 3.8) is 0 Å². The maximum absolute atomic E-state index is 12.3. The Morgan fingerprint density at radius 2 is 1.61 bits per heavy atom. The van der Waals surface area contributed by atoms with E-state index in [2.05, 4.69) is 5.32 Å². The highest BCUT2D eigenvalue weighted by Crippen LogP contribution is 2.20. The molecule has 0 bridgehead atoms. The molecule has 0 unspecified atom stereocenters. The summed E-state index contributed by atoms with van der Waals surface area (Å²) in [7, 11) is 0. The Labute approximate surface area is 162 Å². The van der Waals surface area contributed by atoms with Gasteiger partial charge in [-0.25, -0.2) is 4.79 Å². The van der Waals surface area contributed by atoms with E-state index >= 15 is 0 Å². The number of nitrogens with zero attached hydrogens (tertiary/aromatic N) is 1. The summed E-state index contributed by atoms with van der Waals surface area (Å²) in [6.45, 7) is 0.134. The molecule has 0 spiro atoms. The van der Waals surface area contributed by atoms with E-state index < -0.39 is 24.5 Å². The molecule has 0 atom stereocenters. The standard InChI is InChI=1S/C21H20N2O5/c24-18(17-8-6-16(7-9-17)15-4-2-1-3-5-15)10-11-20(26)28-14-19(25)23-13-12-22-21(23)27/h1-9H,10-14H2,(H,22,27). The molecule has 0 aliphatic carbocycles. The van der Waals surface area contributed by atoms with Gasteiger partial charge < -0.3 is 10.1 Å². The van der Waals surface area contributed by atoms with Gasteiger partial charge in [0.15, 0.2) is 12.4 Å². The first-order chi connectivity index (χ1) is 13.5. The highest BCUT2D eigenvalue weighted by atomic mass is 16.5. The van der Waals surface area contributed by atoms with Crippen molar-refractivity contribution in [2.24, 2.45) is 0 Å². The zero-order valence-electron chi connectivity index (χ0n) is 15.2. The van der Waals surface area contributed by atoms with Gasteiger partial charge in [0.25, 0.3) is 5.91 Å². The molecule has 7 nitrogen and oxygen atoms in total. The monoisotopic (exact) mass is 380 g/mol. The number of Topliss-reactive ketones (excluding diaryl/α,β-unsaturated/α-hetero) is 1. The zero-order chi connectivity index (χ0) is 19.9. The quantitative estimate of drug-likeness (QED) is 0.588. The molecule has 3 rings (SSSR count). The van der Waals surface area contributed by atoms with Gasteiger partial charge in [-0.3, -0.25) is 19.3 Å². The van der Waals surface area contributed by atoms with Gasteiger partial charge in [0.1, 0.15) is 0 Å². The van der Waals surface area contributed by atoms with Crippen LogP contribution in [-0.4, -0.2) is 48.3 Å². The first kappa shape index (κ1) is 19.3. The van der Waals surface area contributed by atoms with Crippen molar-refractivity contribution in [3.8, 4) is 11.1 Å². The molecule has 1 aliphatic rings. The average molecular weight is 380 g/mol. The molecule has 1 aliphatic heterocycles. The third-order valence-corrected chi connectivity index (χ3v) is 4.38. The van der Waals surface area contributed by atoms with Crippen LogP contribution in [0.3, 0.4) is 0 Å². The lowest BCUT2D eigenvalue weighted by atomic mass is 10.0.